The Morgan fingerprint density at radius 2 is 1.30 bits per heavy atom. The summed E-state index contributed by atoms with van der Waals surface area (Å²) in [6.45, 7) is 0. The second kappa shape index (κ2) is 10.7. The van der Waals surface area contributed by atoms with Crippen LogP contribution in [0.15, 0.2) is 36.7 Å². The Kier molecular flexibility index (Phi) is 7.52. The molecule has 0 fully saturated rings. The summed E-state index contributed by atoms with van der Waals surface area (Å²) in [5.74, 6) is 2.65. The second-order valence-corrected chi connectivity index (χ2v) is 6.35. The highest BCUT2D eigenvalue weighted by Gasteiger charge is 2.14. The van der Waals surface area contributed by atoms with Gasteiger partial charge in [-0.2, -0.15) is 4.98 Å². The predicted molar refractivity (Wildman–Crippen MR) is 121 cm³/mol. The quantitative estimate of drug-likeness (QED) is 0.440. The van der Waals surface area contributed by atoms with Crippen LogP contribution < -0.4 is 39.6 Å². The molecule has 33 heavy (non-hydrogen) atoms. The Morgan fingerprint density at radius 1 is 0.697 bits per heavy atom. The molecule has 3 N–H and O–H groups in total. The van der Waals surface area contributed by atoms with Crippen molar-refractivity contribution in [1.82, 2.24) is 15.0 Å². The molecule has 0 atom stereocenters. The SMILES string of the molecule is COc1cc(NC(=O)Nc2ncnc(Nc3cc(OC)c(OC)c(OC)c3)n2)cc(OC)c1. The molecule has 3 rings (SSSR count). The van der Waals surface area contributed by atoms with Crippen LogP contribution in [0, 0.1) is 0 Å². The number of aromatic nitrogens is 3. The fraction of sp³-hybridized carbons (Fsp3) is 0.238. The molecular weight excluding hydrogens is 432 g/mol. The fourth-order valence-corrected chi connectivity index (χ4v) is 2.84. The summed E-state index contributed by atoms with van der Waals surface area (Å²) >= 11 is 0. The maximum atomic E-state index is 12.4. The molecule has 0 aliphatic rings. The number of urea groups is 1. The molecule has 0 radical (unpaired) electrons. The number of rotatable bonds is 9. The fourth-order valence-electron chi connectivity index (χ4n) is 2.84. The van der Waals surface area contributed by atoms with Crippen molar-refractivity contribution in [1.29, 1.82) is 0 Å². The van der Waals surface area contributed by atoms with Crippen LogP contribution >= 0.6 is 0 Å². The summed E-state index contributed by atoms with van der Waals surface area (Å²) in [6.07, 6.45) is 1.26. The first-order chi connectivity index (χ1) is 16.0. The molecule has 0 saturated heterocycles. The summed E-state index contributed by atoms with van der Waals surface area (Å²) < 4.78 is 26.4. The number of hydrogen-bond donors (Lipinski definition) is 3. The van der Waals surface area contributed by atoms with Gasteiger partial charge in [0.2, 0.25) is 17.6 Å². The van der Waals surface area contributed by atoms with Crippen molar-refractivity contribution in [3.05, 3.63) is 36.7 Å². The number of nitrogens with zero attached hydrogens (tertiary/aromatic N) is 3. The monoisotopic (exact) mass is 456 g/mol. The Hall–Kier alpha value is -4.48. The molecule has 174 valence electrons. The first-order valence-corrected chi connectivity index (χ1v) is 9.56. The van der Waals surface area contributed by atoms with Crippen LogP contribution in [0.5, 0.6) is 28.7 Å². The number of amides is 2. The third kappa shape index (κ3) is 5.81. The van der Waals surface area contributed by atoms with Gasteiger partial charge >= 0.3 is 6.03 Å². The minimum absolute atomic E-state index is 0.0345. The van der Waals surface area contributed by atoms with Crippen LogP contribution in [-0.2, 0) is 0 Å². The number of methoxy groups -OCH3 is 5. The first kappa shape index (κ1) is 23.2. The lowest BCUT2D eigenvalue weighted by Crippen LogP contribution is -2.21. The Balaban J connectivity index is 1.73. The van der Waals surface area contributed by atoms with Gasteiger partial charge in [-0.05, 0) is 0 Å². The van der Waals surface area contributed by atoms with E-state index in [0.29, 0.717) is 40.1 Å². The number of ether oxygens (including phenoxy) is 5. The van der Waals surface area contributed by atoms with Crippen molar-refractivity contribution in [3.63, 3.8) is 0 Å². The van der Waals surface area contributed by atoms with Crippen molar-refractivity contribution in [2.45, 2.75) is 0 Å². The van der Waals surface area contributed by atoms with E-state index in [0.717, 1.165) is 0 Å². The van der Waals surface area contributed by atoms with Crippen molar-refractivity contribution in [3.8, 4) is 28.7 Å². The first-order valence-electron chi connectivity index (χ1n) is 9.56. The zero-order valence-electron chi connectivity index (χ0n) is 18.8. The third-order valence-electron chi connectivity index (χ3n) is 4.33. The topological polar surface area (TPSA) is 138 Å². The van der Waals surface area contributed by atoms with Crippen molar-refractivity contribution in [2.24, 2.45) is 0 Å². The van der Waals surface area contributed by atoms with Crippen LogP contribution in [0.4, 0.5) is 28.1 Å². The molecule has 2 aromatic carbocycles. The van der Waals surface area contributed by atoms with Crippen LogP contribution in [-0.4, -0.2) is 56.5 Å². The molecule has 0 saturated carbocycles. The minimum atomic E-state index is -0.560. The van der Waals surface area contributed by atoms with Gasteiger partial charge in [0.15, 0.2) is 11.5 Å². The van der Waals surface area contributed by atoms with Crippen molar-refractivity contribution < 1.29 is 28.5 Å². The Morgan fingerprint density at radius 3 is 1.85 bits per heavy atom. The van der Waals surface area contributed by atoms with Crippen molar-refractivity contribution >= 4 is 29.3 Å². The molecule has 0 spiro atoms. The molecule has 3 aromatic rings. The highest BCUT2D eigenvalue weighted by molar-refractivity contribution is 5.99. The molecule has 2 amide bonds. The van der Waals surface area contributed by atoms with Gasteiger partial charge in [0.05, 0.1) is 35.5 Å². The predicted octanol–water partition coefficient (Wildman–Crippen LogP) is 3.30. The van der Waals surface area contributed by atoms with Gasteiger partial charge in [-0.3, -0.25) is 5.32 Å². The highest BCUT2D eigenvalue weighted by atomic mass is 16.5. The van der Waals surface area contributed by atoms with E-state index < -0.39 is 6.03 Å². The van der Waals surface area contributed by atoms with Crippen molar-refractivity contribution in [2.75, 3.05) is 51.5 Å². The summed E-state index contributed by atoms with van der Waals surface area (Å²) in [5.41, 5.74) is 1.04. The van der Waals surface area contributed by atoms with E-state index in [4.69, 9.17) is 23.7 Å². The van der Waals surface area contributed by atoms with E-state index in [9.17, 15) is 4.79 Å². The zero-order valence-corrected chi connectivity index (χ0v) is 18.8. The molecule has 0 bridgehead atoms. The van der Waals surface area contributed by atoms with Crippen LogP contribution in [0.25, 0.3) is 0 Å². The molecule has 0 aliphatic heterocycles. The number of benzene rings is 2. The van der Waals surface area contributed by atoms with Crippen LogP contribution in [0.3, 0.4) is 0 Å². The van der Waals surface area contributed by atoms with Gasteiger partial charge in [0.1, 0.15) is 17.8 Å². The Labute approximate surface area is 190 Å². The number of carbonyl (C=O) groups is 1. The largest absolute Gasteiger partial charge is 0.497 e. The Bertz CT molecular complexity index is 1080. The van der Waals surface area contributed by atoms with Gasteiger partial charge in [-0.1, -0.05) is 0 Å². The smallest absolute Gasteiger partial charge is 0.326 e. The lowest BCUT2D eigenvalue weighted by Gasteiger charge is -2.14. The van der Waals surface area contributed by atoms with Gasteiger partial charge < -0.3 is 34.3 Å². The molecule has 1 aromatic heterocycles. The summed E-state index contributed by atoms with van der Waals surface area (Å²) in [7, 11) is 7.59. The molecule has 12 heteroatoms. The highest BCUT2D eigenvalue weighted by Crippen LogP contribution is 2.40. The van der Waals surface area contributed by atoms with Gasteiger partial charge in [-0.25, -0.2) is 14.8 Å². The third-order valence-corrected chi connectivity index (χ3v) is 4.33. The molecule has 0 unspecified atom stereocenters. The van der Waals surface area contributed by atoms with Gasteiger partial charge in [-0.15, -0.1) is 0 Å². The lowest BCUT2D eigenvalue weighted by molar-refractivity contribution is 0.262. The second-order valence-electron chi connectivity index (χ2n) is 6.35. The standard InChI is InChI=1S/C21H24N6O6/c1-29-14-6-12(7-15(10-14)30-2)25-21(28)27-20-23-11-22-19(26-20)24-13-8-16(31-3)18(33-5)17(9-13)32-4/h6-11H,1-5H3,(H3,22,23,24,25,26,27,28). The average molecular weight is 456 g/mol. The van der Waals surface area contributed by atoms with E-state index in [1.807, 2.05) is 0 Å². The van der Waals surface area contributed by atoms with E-state index in [-0.39, 0.29) is 11.9 Å². The summed E-state index contributed by atoms with van der Waals surface area (Å²) in [5, 5.41) is 8.24. The number of nitrogens with one attached hydrogen (secondary N) is 3. The average Bonchev–Trinajstić information content (AvgIpc) is 2.83. The van der Waals surface area contributed by atoms with E-state index in [1.54, 1.807) is 30.3 Å². The molecule has 12 nitrogen and oxygen atoms in total. The molecule has 1 heterocycles. The van der Waals surface area contributed by atoms with E-state index in [1.165, 1.54) is 41.9 Å². The van der Waals surface area contributed by atoms with Gasteiger partial charge in [0, 0.05) is 41.7 Å². The van der Waals surface area contributed by atoms with Crippen LogP contribution in [0.2, 0.25) is 0 Å². The number of hydrogen-bond acceptors (Lipinski definition) is 10. The maximum Gasteiger partial charge on any atom is 0.326 e. The summed E-state index contributed by atoms with van der Waals surface area (Å²) in [4.78, 5) is 24.7. The maximum absolute atomic E-state index is 12.4. The van der Waals surface area contributed by atoms with Gasteiger partial charge in [0.25, 0.3) is 0 Å². The number of carbonyl (C=O) groups excluding carboxylic acids is 1. The van der Waals surface area contributed by atoms with E-state index in [2.05, 4.69) is 30.9 Å². The normalized spacial score (nSPS) is 10.1. The lowest BCUT2D eigenvalue weighted by atomic mass is 10.2. The molecule has 0 aliphatic carbocycles. The van der Waals surface area contributed by atoms with E-state index >= 15 is 0 Å². The zero-order chi connectivity index (χ0) is 23.8. The summed E-state index contributed by atoms with van der Waals surface area (Å²) in [6, 6.07) is 7.81. The minimum Gasteiger partial charge on any atom is -0.497 e. The van der Waals surface area contributed by atoms with Crippen LogP contribution in [0.1, 0.15) is 0 Å². The molecular formula is C21H24N6O6. The number of anilines is 4.